The number of amides is 1. The zero-order chi connectivity index (χ0) is 20.8. The number of phenolic OH excluding ortho intramolecular Hbond substituents is 1. The van der Waals surface area contributed by atoms with Crippen LogP contribution < -0.4 is 14.8 Å². The molecule has 2 aromatic carbocycles. The Labute approximate surface area is 175 Å². The fourth-order valence-corrected chi connectivity index (χ4v) is 2.69. The summed E-state index contributed by atoms with van der Waals surface area (Å²) in [6, 6.07) is 11.9. The van der Waals surface area contributed by atoms with Gasteiger partial charge < -0.3 is 19.9 Å². The molecule has 0 unspecified atom stereocenters. The van der Waals surface area contributed by atoms with Gasteiger partial charge in [-0.15, -0.1) is 0 Å². The number of hydrogen-bond donors (Lipinski definition) is 2. The first kappa shape index (κ1) is 22.2. The molecule has 1 amide bonds. The summed E-state index contributed by atoms with van der Waals surface area (Å²) in [4.78, 5) is 16.4. The molecule has 0 fully saturated rings. The lowest BCUT2D eigenvalue weighted by Crippen LogP contribution is -2.12. The van der Waals surface area contributed by atoms with E-state index in [0.29, 0.717) is 39.4 Å². The van der Waals surface area contributed by atoms with Crippen LogP contribution in [0.1, 0.15) is 7.43 Å². The van der Waals surface area contributed by atoms with E-state index in [1.165, 1.54) is 25.3 Å². The molecular weight excluding hydrogens is 380 g/mol. The summed E-state index contributed by atoms with van der Waals surface area (Å²) in [6.07, 6.45) is 6.18. The number of carbonyl (C=O) groups is 1. The zero-order valence-electron chi connectivity index (χ0n) is 15.9. The quantitative estimate of drug-likeness (QED) is 0.395. The van der Waals surface area contributed by atoms with Gasteiger partial charge in [0.25, 0.3) is 5.91 Å². The summed E-state index contributed by atoms with van der Waals surface area (Å²) >= 11 is 0. The molecule has 1 heterocycles. The fourth-order valence-electron chi connectivity index (χ4n) is 2.69. The van der Waals surface area contributed by atoms with Crippen molar-refractivity contribution in [1.29, 1.82) is 0 Å². The third-order valence-corrected chi connectivity index (χ3v) is 4.12. The van der Waals surface area contributed by atoms with Crippen molar-refractivity contribution in [2.24, 2.45) is 0 Å². The van der Waals surface area contributed by atoms with Gasteiger partial charge in [0, 0.05) is 28.9 Å². The molecule has 0 spiro atoms. The van der Waals surface area contributed by atoms with E-state index >= 15 is 0 Å². The highest BCUT2D eigenvalue weighted by Gasteiger charge is 2.11. The number of nitrogens with one attached hydrogen (secondary N) is 1. The zero-order valence-corrected chi connectivity index (χ0v) is 15.9. The fraction of sp³-hybridized carbons (Fsp3) is 0.0833. The molecule has 0 radical (unpaired) electrons. The van der Waals surface area contributed by atoms with Crippen LogP contribution in [-0.4, -0.2) is 23.1 Å². The Morgan fingerprint density at radius 3 is 2.50 bits per heavy atom. The number of carbonyl (C=O) groups excluding carboxylic acids is 1. The van der Waals surface area contributed by atoms with Crippen LogP contribution in [-0.2, 0) is 4.79 Å². The molecule has 0 bridgehead atoms. The Hall–Kier alpha value is -4.06. The minimum Gasteiger partial charge on any atom is -0.504 e. The molecule has 0 aliphatic rings. The lowest BCUT2D eigenvalue weighted by Gasteiger charge is -2.11. The van der Waals surface area contributed by atoms with E-state index < -0.39 is 0 Å². The van der Waals surface area contributed by atoms with Crippen molar-refractivity contribution in [3.05, 3.63) is 85.6 Å². The van der Waals surface area contributed by atoms with E-state index in [2.05, 4.69) is 23.5 Å². The van der Waals surface area contributed by atoms with Crippen LogP contribution in [0.25, 0.3) is 10.9 Å². The van der Waals surface area contributed by atoms with E-state index in [0.717, 1.165) is 0 Å². The molecule has 0 saturated carbocycles. The second kappa shape index (κ2) is 9.93. The SMILES string of the molecule is C.C=C/C=C(\C=C)C(=O)Nc1ccc(Oc2ccnc3cc(O)c(OC)cc23)cc1. The molecule has 0 atom stereocenters. The highest BCUT2D eigenvalue weighted by molar-refractivity contribution is 6.05. The summed E-state index contributed by atoms with van der Waals surface area (Å²) in [5.74, 6) is 1.20. The predicted molar refractivity (Wildman–Crippen MR) is 120 cm³/mol. The van der Waals surface area contributed by atoms with Gasteiger partial charge in [-0.25, -0.2) is 0 Å². The van der Waals surface area contributed by atoms with Crippen molar-refractivity contribution in [2.45, 2.75) is 7.43 Å². The number of methoxy groups -OCH3 is 1. The highest BCUT2D eigenvalue weighted by atomic mass is 16.5. The van der Waals surface area contributed by atoms with Crippen molar-refractivity contribution in [2.75, 3.05) is 12.4 Å². The molecule has 154 valence electrons. The second-order valence-electron chi connectivity index (χ2n) is 5.99. The van der Waals surface area contributed by atoms with Crippen molar-refractivity contribution >= 4 is 22.5 Å². The lowest BCUT2D eigenvalue weighted by molar-refractivity contribution is -0.112. The average molecular weight is 404 g/mol. The summed E-state index contributed by atoms with van der Waals surface area (Å²) in [7, 11) is 1.48. The van der Waals surface area contributed by atoms with Gasteiger partial charge >= 0.3 is 0 Å². The Morgan fingerprint density at radius 2 is 1.87 bits per heavy atom. The second-order valence-corrected chi connectivity index (χ2v) is 5.99. The largest absolute Gasteiger partial charge is 0.504 e. The van der Waals surface area contributed by atoms with Gasteiger partial charge in [-0.1, -0.05) is 38.8 Å². The maximum Gasteiger partial charge on any atom is 0.255 e. The first-order valence-electron chi connectivity index (χ1n) is 8.76. The number of fused-ring (bicyclic) bond motifs is 1. The molecule has 0 saturated heterocycles. The van der Waals surface area contributed by atoms with Gasteiger partial charge in [0.2, 0.25) is 0 Å². The molecule has 3 rings (SSSR count). The number of hydrogen-bond acceptors (Lipinski definition) is 5. The van der Waals surface area contributed by atoms with Crippen molar-refractivity contribution < 1.29 is 19.4 Å². The Kier molecular flexibility index (Phi) is 7.36. The number of anilines is 1. The summed E-state index contributed by atoms with van der Waals surface area (Å²) in [5.41, 5.74) is 1.61. The number of aromatic nitrogens is 1. The van der Waals surface area contributed by atoms with E-state index in [1.807, 2.05) is 0 Å². The van der Waals surface area contributed by atoms with Crippen molar-refractivity contribution in [3.8, 4) is 23.0 Å². The summed E-state index contributed by atoms with van der Waals surface area (Å²) in [6.45, 7) is 7.20. The van der Waals surface area contributed by atoms with Gasteiger partial charge in [0.1, 0.15) is 11.5 Å². The molecule has 30 heavy (non-hydrogen) atoms. The molecular formula is C24H24N2O4. The molecule has 3 aromatic rings. The maximum absolute atomic E-state index is 12.2. The normalized spacial score (nSPS) is 10.6. The Balaban J connectivity index is 0.00000320. The van der Waals surface area contributed by atoms with Crippen LogP contribution in [0.3, 0.4) is 0 Å². The highest BCUT2D eigenvalue weighted by Crippen LogP contribution is 2.36. The first-order valence-corrected chi connectivity index (χ1v) is 8.76. The van der Waals surface area contributed by atoms with E-state index in [9.17, 15) is 9.90 Å². The molecule has 1 aromatic heterocycles. The monoisotopic (exact) mass is 404 g/mol. The molecule has 0 aliphatic heterocycles. The number of nitrogens with zero attached hydrogens (tertiary/aromatic N) is 1. The minimum atomic E-state index is -0.277. The minimum absolute atomic E-state index is 0. The number of ether oxygens (including phenoxy) is 2. The molecule has 2 N–H and O–H groups in total. The summed E-state index contributed by atoms with van der Waals surface area (Å²) in [5, 5.41) is 13.4. The van der Waals surface area contributed by atoms with E-state index in [1.54, 1.807) is 48.7 Å². The Bertz CT molecular complexity index is 1100. The van der Waals surface area contributed by atoms with Crippen LogP contribution in [0.4, 0.5) is 5.69 Å². The van der Waals surface area contributed by atoms with Crippen LogP contribution in [0.2, 0.25) is 0 Å². The lowest BCUT2D eigenvalue weighted by atomic mass is 10.2. The van der Waals surface area contributed by atoms with Crippen LogP contribution in [0.5, 0.6) is 23.0 Å². The topological polar surface area (TPSA) is 80.7 Å². The van der Waals surface area contributed by atoms with Crippen LogP contribution in [0, 0.1) is 0 Å². The van der Waals surface area contributed by atoms with Gasteiger partial charge in [-0.05, 0) is 36.4 Å². The van der Waals surface area contributed by atoms with E-state index in [4.69, 9.17) is 9.47 Å². The molecule has 6 heteroatoms. The number of phenols is 1. The van der Waals surface area contributed by atoms with Gasteiger partial charge in [0.05, 0.1) is 12.6 Å². The van der Waals surface area contributed by atoms with Gasteiger partial charge in [-0.3, -0.25) is 9.78 Å². The van der Waals surface area contributed by atoms with Crippen LogP contribution >= 0.6 is 0 Å². The third kappa shape index (κ3) is 4.86. The average Bonchev–Trinajstić information content (AvgIpc) is 2.73. The van der Waals surface area contributed by atoms with Gasteiger partial charge in [-0.2, -0.15) is 0 Å². The Morgan fingerprint density at radius 1 is 1.13 bits per heavy atom. The van der Waals surface area contributed by atoms with E-state index in [-0.39, 0.29) is 19.1 Å². The summed E-state index contributed by atoms with van der Waals surface area (Å²) < 4.78 is 11.1. The number of pyridine rings is 1. The first-order chi connectivity index (χ1) is 14.0. The third-order valence-electron chi connectivity index (χ3n) is 4.12. The van der Waals surface area contributed by atoms with Crippen LogP contribution in [0.15, 0.2) is 85.6 Å². The smallest absolute Gasteiger partial charge is 0.255 e. The number of aromatic hydroxyl groups is 1. The van der Waals surface area contributed by atoms with Gasteiger partial charge in [0.15, 0.2) is 11.5 Å². The number of rotatable bonds is 7. The molecule has 6 nitrogen and oxygen atoms in total. The standard InChI is InChI=1S/C23H20N2O4.CH4/c1-4-6-15(5-2)23(27)25-16-7-9-17(10-8-16)29-21-11-12-24-19-14-20(26)22(28-3)13-18(19)21;/h4-14,26H,1-2H2,3H3,(H,25,27);1H4/b15-6+;. The number of benzene rings is 2. The maximum atomic E-state index is 12.2. The molecule has 0 aliphatic carbocycles. The van der Waals surface area contributed by atoms with Crippen molar-refractivity contribution in [1.82, 2.24) is 4.98 Å². The number of allylic oxidation sites excluding steroid dienone is 2. The predicted octanol–water partition coefficient (Wildman–Crippen LogP) is 5.61. The van der Waals surface area contributed by atoms with Crippen molar-refractivity contribution in [3.63, 3.8) is 0 Å².